The zero-order valence-electron chi connectivity index (χ0n) is 9.03. The molecule has 0 aromatic heterocycles. The molecule has 2 aliphatic heterocycles. The third-order valence-corrected chi connectivity index (χ3v) is 3.53. The maximum absolute atomic E-state index is 9.99. The van der Waals surface area contributed by atoms with E-state index >= 15 is 0 Å². The molecule has 0 bridgehead atoms. The van der Waals surface area contributed by atoms with E-state index in [0.717, 1.165) is 5.17 Å². The highest BCUT2D eigenvalue weighted by atomic mass is 32.2. The number of hydrogen-bond acceptors (Lipinski definition) is 4. The molecule has 1 N–H and O–H groups in total. The van der Waals surface area contributed by atoms with E-state index in [1.54, 1.807) is 18.7 Å². The molecule has 2 rings (SSSR count). The SMILES string of the molecule is CC1=CSC2=NC(C)(O)CC(C)(C)N12. The van der Waals surface area contributed by atoms with Crippen molar-refractivity contribution in [3.63, 3.8) is 0 Å². The van der Waals surface area contributed by atoms with E-state index in [4.69, 9.17) is 0 Å². The van der Waals surface area contributed by atoms with Crippen LogP contribution in [0.2, 0.25) is 0 Å². The van der Waals surface area contributed by atoms with Gasteiger partial charge in [0.05, 0.1) is 0 Å². The Hall–Kier alpha value is -0.480. The lowest BCUT2D eigenvalue weighted by atomic mass is 9.90. The summed E-state index contributed by atoms with van der Waals surface area (Å²) in [6, 6.07) is 0. The zero-order valence-corrected chi connectivity index (χ0v) is 9.85. The third-order valence-electron chi connectivity index (χ3n) is 2.59. The number of allylic oxidation sites excluding steroid dienone is 1. The highest BCUT2D eigenvalue weighted by Gasteiger charge is 2.44. The van der Waals surface area contributed by atoms with E-state index < -0.39 is 5.72 Å². The van der Waals surface area contributed by atoms with Gasteiger partial charge in [-0.1, -0.05) is 11.8 Å². The Morgan fingerprint density at radius 3 is 2.79 bits per heavy atom. The average molecular weight is 212 g/mol. The van der Waals surface area contributed by atoms with Gasteiger partial charge in [-0.25, -0.2) is 4.99 Å². The lowest BCUT2D eigenvalue weighted by Gasteiger charge is -2.45. The molecule has 0 aromatic carbocycles. The van der Waals surface area contributed by atoms with Crippen LogP contribution in [0.1, 0.15) is 34.1 Å². The quantitative estimate of drug-likeness (QED) is 0.668. The molecule has 78 valence electrons. The summed E-state index contributed by atoms with van der Waals surface area (Å²) in [7, 11) is 0. The number of rotatable bonds is 0. The normalized spacial score (nSPS) is 35.1. The number of hydrogen-bond donors (Lipinski definition) is 1. The van der Waals surface area contributed by atoms with E-state index in [9.17, 15) is 5.11 Å². The predicted molar refractivity (Wildman–Crippen MR) is 59.9 cm³/mol. The molecule has 0 fully saturated rings. The van der Waals surface area contributed by atoms with Gasteiger partial charge in [-0.15, -0.1) is 0 Å². The Bertz CT molecular complexity index is 331. The smallest absolute Gasteiger partial charge is 0.171 e. The van der Waals surface area contributed by atoms with Gasteiger partial charge in [-0.05, 0) is 33.1 Å². The summed E-state index contributed by atoms with van der Waals surface area (Å²) in [4.78, 5) is 6.54. The van der Waals surface area contributed by atoms with Crippen LogP contribution in [-0.2, 0) is 0 Å². The van der Waals surface area contributed by atoms with Crippen LogP contribution in [0.25, 0.3) is 0 Å². The van der Waals surface area contributed by atoms with Gasteiger partial charge in [0.15, 0.2) is 10.9 Å². The minimum atomic E-state index is -0.916. The number of thioether (sulfide) groups is 1. The first-order chi connectivity index (χ1) is 6.32. The van der Waals surface area contributed by atoms with Crippen molar-refractivity contribution in [2.24, 2.45) is 4.99 Å². The number of amidine groups is 1. The van der Waals surface area contributed by atoms with Crippen molar-refractivity contribution in [1.29, 1.82) is 0 Å². The molecule has 14 heavy (non-hydrogen) atoms. The molecule has 1 unspecified atom stereocenters. The van der Waals surface area contributed by atoms with Gasteiger partial charge in [0.1, 0.15) is 0 Å². The molecular weight excluding hydrogens is 196 g/mol. The topological polar surface area (TPSA) is 35.8 Å². The summed E-state index contributed by atoms with van der Waals surface area (Å²) < 4.78 is 0. The van der Waals surface area contributed by atoms with Crippen LogP contribution in [-0.4, -0.2) is 26.4 Å². The monoisotopic (exact) mass is 212 g/mol. The zero-order chi connectivity index (χ0) is 10.6. The molecule has 0 saturated heterocycles. The van der Waals surface area contributed by atoms with Crippen molar-refractivity contribution in [2.75, 3.05) is 0 Å². The van der Waals surface area contributed by atoms with Gasteiger partial charge in [0.25, 0.3) is 0 Å². The minimum absolute atomic E-state index is 0.0509. The fourth-order valence-electron chi connectivity index (χ4n) is 2.35. The van der Waals surface area contributed by atoms with Gasteiger partial charge < -0.3 is 10.0 Å². The summed E-state index contributed by atoms with van der Waals surface area (Å²) in [6.45, 7) is 8.13. The van der Waals surface area contributed by atoms with Crippen LogP contribution in [0.5, 0.6) is 0 Å². The summed E-state index contributed by atoms with van der Waals surface area (Å²) in [6.07, 6.45) is 0.662. The van der Waals surface area contributed by atoms with Crippen molar-refractivity contribution >= 4 is 16.9 Å². The molecule has 0 amide bonds. The molecule has 1 atom stereocenters. The summed E-state index contributed by atoms with van der Waals surface area (Å²) in [5.41, 5.74) is 0.250. The van der Waals surface area contributed by atoms with E-state index in [1.807, 2.05) is 0 Å². The van der Waals surface area contributed by atoms with Crippen LogP contribution >= 0.6 is 11.8 Å². The highest BCUT2D eigenvalue weighted by molar-refractivity contribution is 8.16. The van der Waals surface area contributed by atoms with Gasteiger partial charge in [0, 0.05) is 17.7 Å². The van der Waals surface area contributed by atoms with Crippen LogP contribution in [0.3, 0.4) is 0 Å². The Kier molecular flexibility index (Phi) is 1.98. The predicted octanol–water partition coefficient (Wildman–Crippen LogP) is 2.14. The molecular formula is C10H16N2OS. The summed E-state index contributed by atoms with van der Waals surface area (Å²) >= 11 is 1.59. The molecule has 3 nitrogen and oxygen atoms in total. The molecule has 2 heterocycles. The highest BCUT2D eigenvalue weighted by Crippen LogP contribution is 2.41. The maximum atomic E-state index is 9.99. The largest absolute Gasteiger partial charge is 0.369 e. The van der Waals surface area contributed by atoms with Crippen LogP contribution in [0.15, 0.2) is 16.1 Å². The second-order valence-electron chi connectivity index (χ2n) is 4.81. The van der Waals surface area contributed by atoms with Crippen molar-refractivity contribution in [3.8, 4) is 0 Å². The van der Waals surface area contributed by atoms with E-state index in [1.165, 1.54) is 5.70 Å². The lowest BCUT2D eigenvalue weighted by Crippen LogP contribution is -2.52. The first kappa shape index (κ1) is 10.1. The Balaban J connectivity index is 2.44. The maximum Gasteiger partial charge on any atom is 0.171 e. The fourth-order valence-corrected chi connectivity index (χ4v) is 3.48. The molecule has 0 spiro atoms. The third kappa shape index (κ3) is 1.46. The Morgan fingerprint density at radius 2 is 2.14 bits per heavy atom. The molecule has 4 heteroatoms. The van der Waals surface area contributed by atoms with Gasteiger partial charge in [-0.3, -0.25) is 0 Å². The van der Waals surface area contributed by atoms with Crippen LogP contribution in [0.4, 0.5) is 0 Å². The van der Waals surface area contributed by atoms with Crippen molar-refractivity contribution in [1.82, 2.24) is 4.90 Å². The molecule has 2 aliphatic rings. The number of fused-ring (bicyclic) bond motifs is 1. The van der Waals surface area contributed by atoms with Crippen LogP contribution in [0, 0.1) is 0 Å². The molecule has 0 saturated carbocycles. The number of aliphatic imine (C=N–C) groups is 1. The molecule has 0 aromatic rings. The van der Waals surface area contributed by atoms with Crippen LogP contribution < -0.4 is 0 Å². The van der Waals surface area contributed by atoms with Crippen molar-refractivity contribution in [2.45, 2.75) is 45.4 Å². The van der Waals surface area contributed by atoms with Crippen molar-refractivity contribution < 1.29 is 5.11 Å². The Morgan fingerprint density at radius 1 is 1.50 bits per heavy atom. The van der Waals surface area contributed by atoms with Gasteiger partial charge in [0.2, 0.25) is 0 Å². The van der Waals surface area contributed by atoms with E-state index in [-0.39, 0.29) is 5.54 Å². The van der Waals surface area contributed by atoms with Gasteiger partial charge >= 0.3 is 0 Å². The van der Waals surface area contributed by atoms with Crippen molar-refractivity contribution in [3.05, 3.63) is 11.1 Å². The second-order valence-corrected chi connectivity index (χ2v) is 5.65. The minimum Gasteiger partial charge on any atom is -0.369 e. The summed E-state index contributed by atoms with van der Waals surface area (Å²) in [5.74, 6) is 0. The molecule has 0 radical (unpaired) electrons. The summed E-state index contributed by atoms with van der Waals surface area (Å²) in [5, 5.41) is 13.0. The Labute approximate surface area is 88.9 Å². The first-order valence-electron chi connectivity index (χ1n) is 4.78. The second kappa shape index (κ2) is 2.76. The average Bonchev–Trinajstić information content (AvgIpc) is 2.26. The lowest BCUT2D eigenvalue weighted by molar-refractivity contribution is 0.00700. The number of aliphatic hydroxyl groups is 1. The van der Waals surface area contributed by atoms with Gasteiger partial charge in [-0.2, -0.15) is 0 Å². The first-order valence-corrected chi connectivity index (χ1v) is 5.66. The van der Waals surface area contributed by atoms with E-state index in [2.05, 4.69) is 36.1 Å². The molecule has 0 aliphatic carbocycles. The van der Waals surface area contributed by atoms with E-state index in [0.29, 0.717) is 6.42 Å². The number of nitrogens with zero attached hydrogens (tertiary/aromatic N) is 2. The standard InChI is InChI=1S/C10H16N2OS/c1-7-5-14-8-11-10(4,13)6-9(2,3)12(7)8/h5,13H,6H2,1-4H3. The fraction of sp³-hybridized carbons (Fsp3) is 0.700.